The van der Waals surface area contributed by atoms with Gasteiger partial charge in [0.05, 0.1) is 12.9 Å². The van der Waals surface area contributed by atoms with E-state index in [1.165, 1.54) is 0 Å². The number of ether oxygens (including phenoxy) is 1. The summed E-state index contributed by atoms with van der Waals surface area (Å²) >= 11 is 0. The maximum absolute atomic E-state index is 5.60. The fourth-order valence-corrected chi connectivity index (χ4v) is 1.58. The van der Waals surface area contributed by atoms with Crippen molar-refractivity contribution in [3.8, 4) is 0 Å². The van der Waals surface area contributed by atoms with Crippen LogP contribution in [-0.4, -0.2) is 6.61 Å². The predicted molar refractivity (Wildman–Crippen MR) is 59.4 cm³/mol. The lowest BCUT2D eigenvalue weighted by Crippen LogP contribution is -1.96. The van der Waals surface area contributed by atoms with Crippen LogP contribution >= 0.6 is 0 Å². The minimum absolute atomic E-state index is 0.551. The summed E-state index contributed by atoms with van der Waals surface area (Å²) in [6, 6.07) is 6.00. The summed E-state index contributed by atoms with van der Waals surface area (Å²) in [5, 5.41) is 1.10. The number of nitrogens with two attached hydrogens (primary N) is 1. The Labute approximate surface area is 88.8 Å². The van der Waals surface area contributed by atoms with Gasteiger partial charge in [0.15, 0.2) is 0 Å². The topological polar surface area (TPSA) is 48.4 Å². The first-order valence-electron chi connectivity index (χ1n) is 5.12. The third-order valence-electron chi connectivity index (χ3n) is 2.42. The zero-order valence-electron chi connectivity index (χ0n) is 8.82. The summed E-state index contributed by atoms with van der Waals surface area (Å²) in [6.45, 7) is 3.84. The molecule has 80 valence electrons. The number of hydrogen-bond acceptors (Lipinski definition) is 3. The van der Waals surface area contributed by atoms with E-state index < -0.39 is 0 Å². The van der Waals surface area contributed by atoms with Crippen molar-refractivity contribution in [2.45, 2.75) is 20.1 Å². The zero-order chi connectivity index (χ0) is 10.7. The highest BCUT2D eigenvalue weighted by atomic mass is 16.5. The molecule has 1 aromatic carbocycles. The largest absolute Gasteiger partial charge is 0.464 e. The molecular formula is C12H15NO2. The predicted octanol–water partition coefficient (Wildman–Crippen LogP) is 2.43. The molecule has 0 radical (unpaired) electrons. The fraction of sp³-hybridized carbons (Fsp3) is 0.333. The van der Waals surface area contributed by atoms with Gasteiger partial charge in [-0.1, -0.05) is 6.07 Å². The van der Waals surface area contributed by atoms with Gasteiger partial charge in [-0.3, -0.25) is 0 Å². The van der Waals surface area contributed by atoms with E-state index in [4.69, 9.17) is 14.9 Å². The molecule has 0 saturated carbocycles. The van der Waals surface area contributed by atoms with Crippen LogP contribution in [0.3, 0.4) is 0 Å². The van der Waals surface area contributed by atoms with Crippen LogP contribution in [-0.2, 0) is 17.9 Å². The van der Waals surface area contributed by atoms with Gasteiger partial charge in [-0.15, -0.1) is 0 Å². The van der Waals surface area contributed by atoms with Gasteiger partial charge in [0.25, 0.3) is 0 Å². The van der Waals surface area contributed by atoms with Crippen molar-refractivity contribution in [2.24, 2.45) is 5.73 Å². The van der Waals surface area contributed by atoms with Crippen molar-refractivity contribution in [1.82, 2.24) is 0 Å². The van der Waals surface area contributed by atoms with Crippen molar-refractivity contribution < 1.29 is 9.15 Å². The highest BCUT2D eigenvalue weighted by Gasteiger charge is 2.05. The normalized spacial score (nSPS) is 11.1. The summed E-state index contributed by atoms with van der Waals surface area (Å²) in [5.74, 6) is 0. The van der Waals surface area contributed by atoms with E-state index >= 15 is 0 Å². The maximum Gasteiger partial charge on any atom is 0.134 e. The first kappa shape index (κ1) is 10.2. The second-order valence-corrected chi connectivity index (χ2v) is 3.43. The van der Waals surface area contributed by atoms with E-state index in [1.54, 1.807) is 6.26 Å². The minimum Gasteiger partial charge on any atom is -0.464 e. The van der Waals surface area contributed by atoms with Crippen molar-refractivity contribution >= 4 is 11.0 Å². The summed E-state index contributed by atoms with van der Waals surface area (Å²) in [5.41, 5.74) is 8.69. The van der Waals surface area contributed by atoms with Gasteiger partial charge in [0.1, 0.15) is 5.58 Å². The highest BCUT2D eigenvalue weighted by Crippen LogP contribution is 2.23. The average Bonchev–Trinajstić information content (AvgIpc) is 2.68. The molecule has 0 fully saturated rings. The molecular weight excluding hydrogens is 190 g/mol. The van der Waals surface area contributed by atoms with Gasteiger partial charge in [0.2, 0.25) is 0 Å². The smallest absolute Gasteiger partial charge is 0.134 e. The highest BCUT2D eigenvalue weighted by molar-refractivity contribution is 5.81. The summed E-state index contributed by atoms with van der Waals surface area (Å²) in [4.78, 5) is 0. The quantitative estimate of drug-likeness (QED) is 0.833. The minimum atomic E-state index is 0.551. The van der Waals surface area contributed by atoms with Crippen LogP contribution in [0.4, 0.5) is 0 Å². The zero-order valence-corrected chi connectivity index (χ0v) is 8.82. The molecule has 0 amide bonds. The maximum atomic E-state index is 5.60. The molecule has 0 aliphatic heterocycles. The Balaban J connectivity index is 2.38. The third kappa shape index (κ3) is 2.03. The lowest BCUT2D eigenvalue weighted by atomic mass is 10.1. The van der Waals surface area contributed by atoms with Crippen LogP contribution < -0.4 is 5.73 Å². The lowest BCUT2D eigenvalue weighted by Gasteiger charge is -2.00. The Morgan fingerprint density at radius 2 is 2.27 bits per heavy atom. The summed E-state index contributed by atoms with van der Waals surface area (Å²) < 4.78 is 10.8. The molecule has 2 N–H and O–H groups in total. The second-order valence-electron chi connectivity index (χ2n) is 3.43. The molecule has 0 bridgehead atoms. The molecule has 0 spiro atoms. The monoisotopic (exact) mass is 205 g/mol. The van der Waals surface area contributed by atoms with Gasteiger partial charge in [-0.25, -0.2) is 0 Å². The molecule has 0 atom stereocenters. The van der Waals surface area contributed by atoms with Crippen molar-refractivity contribution in [2.75, 3.05) is 6.61 Å². The molecule has 0 unspecified atom stereocenters. The number of fused-ring (bicyclic) bond motifs is 1. The Kier molecular flexibility index (Phi) is 3.04. The number of benzene rings is 1. The van der Waals surface area contributed by atoms with E-state index in [2.05, 4.69) is 6.07 Å². The van der Waals surface area contributed by atoms with Crippen LogP contribution in [0.15, 0.2) is 28.9 Å². The molecule has 2 aromatic rings. The fourth-order valence-electron chi connectivity index (χ4n) is 1.58. The van der Waals surface area contributed by atoms with E-state index in [-0.39, 0.29) is 0 Å². The van der Waals surface area contributed by atoms with Gasteiger partial charge < -0.3 is 14.9 Å². The lowest BCUT2D eigenvalue weighted by molar-refractivity contribution is 0.134. The molecule has 2 rings (SSSR count). The van der Waals surface area contributed by atoms with Crippen LogP contribution in [0.5, 0.6) is 0 Å². The molecule has 3 heteroatoms. The molecule has 0 aliphatic rings. The van der Waals surface area contributed by atoms with E-state index in [0.29, 0.717) is 19.8 Å². The van der Waals surface area contributed by atoms with E-state index in [9.17, 15) is 0 Å². The van der Waals surface area contributed by atoms with Gasteiger partial charge >= 0.3 is 0 Å². The Bertz CT molecular complexity index is 448. The number of furan rings is 1. The van der Waals surface area contributed by atoms with Gasteiger partial charge in [-0.2, -0.15) is 0 Å². The second kappa shape index (κ2) is 4.47. The summed E-state index contributed by atoms with van der Waals surface area (Å²) in [7, 11) is 0. The van der Waals surface area contributed by atoms with Crippen molar-refractivity contribution in [1.29, 1.82) is 0 Å². The van der Waals surface area contributed by atoms with Crippen molar-refractivity contribution in [3.63, 3.8) is 0 Å². The van der Waals surface area contributed by atoms with Gasteiger partial charge in [0, 0.05) is 24.1 Å². The Morgan fingerprint density at radius 1 is 1.40 bits per heavy atom. The van der Waals surface area contributed by atoms with Gasteiger partial charge in [-0.05, 0) is 24.6 Å². The van der Waals surface area contributed by atoms with Crippen LogP contribution in [0.25, 0.3) is 11.0 Å². The molecule has 1 heterocycles. The van der Waals surface area contributed by atoms with Crippen LogP contribution in [0.2, 0.25) is 0 Å². The molecule has 0 saturated heterocycles. The first-order valence-corrected chi connectivity index (χ1v) is 5.12. The van der Waals surface area contributed by atoms with E-state index in [0.717, 1.165) is 22.1 Å². The summed E-state index contributed by atoms with van der Waals surface area (Å²) in [6.07, 6.45) is 1.75. The SMILES string of the molecule is CCOCc1coc2ccc(CN)cc12. The van der Waals surface area contributed by atoms with E-state index in [1.807, 2.05) is 19.1 Å². The average molecular weight is 205 g/mol. The number of rotatable bonds is 4. The van der Waals surface area contributed by atoms with Crippen LogP contribution in [0, 0.1) is 0 Å². The standard InChI is InChI=1S/C12H15NO2/c1-2-14-7-10-8-15-12-4-3-9(6-13)5-11(10)12/h3-5,8H,2,6-7,13H2,1H3. The Hall–Kier alpha value is -1.32. The van der Waals surface area contributed by atoms with Crippen LogP contribution in [0.1, 0.15) is 18.1 Å². The Morgan fingerprint density at radius 3 is 3.00 bits per heavy atom. The number of hydrogen-bond donors (Lipinski definition) is 1. The molecule has 0 aliphatic carbocycles. The molecule has 1 aromatic heterocycles. The molecule has 15 heavy (non-hydrogen) atoms. The third-order valence-corrected chi connectivity index (χ3v) is 2.42. The first-order chi connectivity index (χ1) is 7.35. The molecule has 3 nitrogen and oxygen atoms in total. The van der Waals surface area contributed by atoms with Crippen molar-refractivity contribution in [3.05, 3.63) is 35.6 Å².